The third-order valence-corrected chi connectivity index (χ3v) is 2.49. The van der Waals surface area contributed by atoms with Gasteiger partial charge in [0, 0.05) is 12.4 Å². The molecule has 0 aliphatic carbocycles. The zero-order valence-corrected chi connectivity index (χ0v) is 8.17. The number of hydrogen-bond acceptors (Lipinski definition) is 3. The lowest BCUT2D eigenvalue weighted by Gasteiger charge is -1.96. The molecule has 2 aromatic rings. The lowest BCUT2D eigenvalue weighted by molar-refractivity contribution is 1.22. The Morgan fingerprint density at radius 3 is 2.83 bits per heavy atom. The molecule has 0 atom stereocenters. The van der Waals surface area contributed by atoms with Crippen LogP contribution in [-0.2, 0) is 0 Å². The molecule has 5 heteroatoms. The average Bonchev–Trinajstić information content (AvgIpc) is 2.07. The van der Waals surface area contributed by atoms with Crippen LogP contribution in [-0.4, -0.2) is 15.0 Å². The summed E-state index contributed by atoms with van der Waals surface area (Å²) in [5, 5.41) is 0.406. The van der Waals surface area contributed by atoms with Crippen LogP contribution in [0.3, 0.4) is 0 Å². The lowest BCUT2D eigenvalue weighted by atomic mass is 10.4. The van der Waals surface area contributed by atoms with E-state index in [0.717, 1.165) is 9.99 Å². The van der Waals surface area contributed by atoms with Gasteiger partial charge in [-0.05, 0) is 22.0 Å². The van der Waals surface area contributed by atoms with Gasteiger partial charge in [-0.2, -0.15) is 0 Å². The molecule has 0 aliphatic rings. The number of pyridine rings is 1. The van der Waals surface area contributed by atoms with Crippen LogP contribution in [0.2, 0.25) is 5.15 Å². The molecule has 2 heterocycles. The van der Waals surface area contributed by atoms with E-state index in [1.54, 1.807) is 18.5 Å². The molecule has 0 N–H and O–H groups in total. The fourth-order valence-electron chi connectivity index (χ4n) is 0.855. The summed E-state index contributed by atoms with van der Waals surface area (Å²) in [5.41, 5.74) is 1.29. The highest BCUT2D eigenvalue weighted by Gasteiger charge is 2.02. The summed E-state index contributed by atoms with van der Waals surface area (Å²) >= 11 is 9.02. The molecule has 0 fully saturated rings. The Morgan fingerprint density at radius 1 is 1.25 bits per heavy atom. The van der Waals surface area contributed by atoms with E-state index in [-0.39, 0.29) is 0 Å². The van der Waals surface area contributed by atoms with E-state index in [0.29, 0.717) is 10.8 Å². The van der Waals surface area contributed by atoms with Crippen molar-refractivity contribution < 1.29 is 0 Å². The number of nitrogens with zero attached hydrogens (tertiary/aromatic N) is 3. The van der Waals surface area contributed by atoms with Crippen molar-refractivity contribution in [3.05, 3.63) is 28.1 Å². The maximum Gasteiger partial charge on any atom is 0.179 e. The van der Waals surface area contributed by atoms with Gasteiger partial charge in [0.15, 0.2) is 5.65 Å². The van der Waals surface area contributed by atoms with Crippen LogP contribution in [0.15, 0.2) is 22.9 Å². The molecule has 2 aromatic heterocycles. The molecule has 0 saturated heterocycles. The minimum absolute atomic E-state index is 0.406. The Bertz CT molecular complexity index is 391. The number of hydrogen-bond donors (Lipinski definition) is 0. The van der Waals surface area contributed by atoms with Crippen molar-refractivity contribution in [3.8, 4) is 0 Å². The maximum absolute atomic E-state index is 5.76. The van der Waals surface area contributed by atoms with Gasteiger partial charge in [0.1, 0.15) is 10.7 Å². The summed E-state index contributed by atoms with van der Waals surface area (Å²) in [7, 11) is 0. The summed E-state index contributed by atoms with van der Waals surface area (Å²) < 4.78 is 0.733. The molecule has 0 spiro atoms. The third kappa shape index (κ3) is 1.28. The van der Waals surface area contributed by atoms with Gasteiger partial charge in [-0.1, -0.05) is 11.6 Å². The fourth-order valence-corrected chi connectivity index (χ4v) is 1.30. The van der Waals surface area contributed by atoms with Crippen molar-refractivity contribution in [2.75, 3.05) is 0 Å². The molecule has 0 aliphatic heterocycles. The second kappa shape index (κ2) is 2.95. The van der Waals surface area contributed by atoms with Gasteiger partial charge < -0.3 is 0 Å². The van der Waals surface area contributed by atoms with E-state index < -0.39 is 0 Å². The highest BCUT2D eigenvalue weighted by Crippen LogP contribution is 2.22. The summed E-state index contributed by atoms with van der Waals surface area (Å²) in [6.45, 7) is 0. The van der Waals surface area contributed by atoms with Gasteiger partial charge >= 0.3 is 0 Å². The number of halogens is 2. The van der Waals surface area contributed by atoms with E-state index in [1.165, 1.54) is 0 Å². The molecule has 0 aromatic carbocycles. The molecule has 0 radical (unpaired) electrons. The van der Waals surface area contributed by atoms with Crippen molar-refractivity contribution in [1.82, 2.24) is 15.0 Å². The molecule has 0 bridgehead atoms. The topological polar surface area (TPSA) is 38.7 Å². The normalized spacial score (nSPS) is 10.5. The smallest absolute Gasteiger partial charge is 0.179 e. The standard InChI is InChI=1S/C7H3BrClN3/c8-4-3-5-7(12-6(4)9)11-2-1-10-5/h1-3H. The maximum atomic E-state index is 5.76. The van der Waals surface area contributed by atoms with Gasteiger partial charge in [0.25, 0.3) is 0 Å². The largest absolute Gasteiger partial charge is 0.251 e. The average molecular weight is 244 g/mol. The van der Waals surface area contributed by atoms with E-state index in [2.05, 4.69) is 30.9 Å². The summed E-state index contributed by atoms with van der Waals surface area (Å²) in [4.78, 5) is 12.1. The predicted octanol–water partition coefficient (Wildman–Crippen LogP) is 2.44. The molecule has 0 saturated carbocycles. The minimum atomic E-state index is 0.406. The molecule has 0 unspecified atom stereocenters. The predicted molar refractivity (Wildman–Crippen MR) is 50.0 cm³/mol. The van der Waals surface area contributed by atoms with E-state index in [9.17, 15) is 0 Å². The molecule has 0 amide bonds. The van der Waals surface area contributed by atoms with Crippen molar-refractivity contribution >= 4 is 38.7 Å². The highest BCUT2D eigenvalue weighted by molar-refractivity contribution is 9.10. The van der Waals surface area contributed by atoms with Crippen LogP contribution in [0, 0.1) is 0 Å². The molecule has 12 heavy (non-hydrogen) atoms. The van der Waals surface area contributed by atoms with Crippen LogP contribution in [0.4, 0.5) is 0 Å². The SMILES string of the molecule is Clc1nc2nccnc2cc1Br. The molecule has 2 rings (SSSR count). The first kappa shape index (κ1) is 7.89. The number of fused-ring (bicyclic) bond motifs is 1. The molecular formula is C7H3BrClN3. The Morgan fingerprint density at radius 2 is 2.00 bits per heavy atom. The van der Waals surface area contributed by atoms with Crippen LogP contribution in [0.5, 0.6) is 0 Å². The Hall–Kier alpha value is -0.740. The summed E-state index contributed by atoms with van der Waals surface area (Å²) in [6.07, 6.45) is 3.20. The van der Waals surface area contributed by atoms with Crippen molar-refractivity contribution in [1.29, 1.82) is 0 Å². The Kier molecular flexibility index (Phi) is 1.94. The minimum Gasteiger partial charge on any atom is -0.251 e. The first-order valence-electron chi connectivity index (χ1n) is 3.20. The summed E-state index contributed by atoms with van der Waals surface area (Å²) in [5.74, 6) is 0. The van der Waals surface area contributed by atoms with Crippen LogP contribution in [0.25, 0.3) is 11.2 Å². The van der Waals surface area contributed by atoms with Crippen LogP contribution < -0.4 is 0 Å². The molecular weight excluding hydrogens is 241 g/mol. The second-order valence-electron chi connectivity index (χ2n) is 2.16. The molecule has 60 valence electrons. The Balaban J connectivity index is 2.84. The van der Waals surface area contributed by atoms with Gasteiger partial charge in [0.2, 0.25) is 0 Å². The highest BCUT2D eigenvalue weighted by atomic mass is 79.9. The van der Waals surface area contributed by atoms with E-state index in [1.807, 2.05) is 0 Å². The van der Waals surface area contributed by atoms with Crippen molar-refractivity contribution in [3.63, 3.8) is 0 Å². The quantitative estimate of drug-likeness (QED) is 0.668. The first-order chi connectivity index (χ1) is 5.77. The first-order valence-corrected chi connectivity index (χ1v) is 4.37. The zero-order valence-electron chi connectivity index (χ0n) is 5.83. The number of aromatic nitrogens is 3. The van der Waals surface area contributed by atoms with Crippen molar-refractivity contribution in [2.45, 2.75) is 0 Å². The van der Waals surface area contributed by atoms with Crippen LogP contribution in [0.1, 0.15) is 0 Å². The summed E-state index contributed by atoms with van der Waals surface area (Å²) in [6, 6.07) is 1.79. The van der Waals surface area contributed by atoms with E-state index in [4.69, 9.17) is 11.6 Å². The fraction of sp³-hybridized carbons (Fsp3) is 0. The van der Waals surface area contributed by atoms with Gasteiger partial charge in [-0.25, -0.2) is 9.97 Å². The van der Waals surface area contributed by atoms with Crippen LogP contribution >= 0.6 is 27.5 Å². The molecule has 3 nitrogen and oxygen atoms in total. The third-order valence-electron chi connectivity index (χ3n) is 1.37. The van der Waals surface area contributed by atoms with Gasteiger partial charge in [-0.15, -0.1) is 0 Å². The monoisotopic (exact) mass is 243 g/mol. The van der Waals surface area contributed by atoms with E-state index >= 15 is 0 Å². The number of rotatable bonds is 0. The lowest BCUT2D eigenvalue weighted by Crippen LogP contribution is -1.87. The van der Waals surface area contributed by atoms with Gasteiger partial charge in [0.05, 0.1) is 4.47 Å². The van der Waals surface area contributed by atoms with Crippen molar-refractivity contribution in [2.24, 2.45) is 0 Å². The van der Waals surface area contributed by atoms with Gasteiger partial charge in [-0.3, -0.25) is 4.98 Å². The second-order valence-corrected chi connectivity index (χ2v) is 3.37. The zero-order chi connectivity index (χ0) is 8.55. The Labute approximate surface area is 81.9 Å².